The number of aliphatic hydroxyl groups excluding tert-OH is 2. The van der Waals surface area contributed by atoms with Crippen LogP contribution in [0.15, 0.2) is 53.6 Å². The van der Waals surface area contributed by atoms with E-state index >= 15 is 0 Å². The molecule has 0 spiro atoms. The molecule has 1 aromatic heterocycles. The second-order valence-corrected chi connectivity index (χ2v) is 13.6. The highest BCUT2D eigenvalue weighted by Gasteiger charge is 2.34. The van der Waals surface area contributed by atoms with Crippen molar-refractivity contribution < 1.29 is 28.1 Å². The van der Waals surface area contributed by atoms with Gasteiger partial charge in [0.05, 0.1) is 23.2 Å². The van der Waals surface area contributed by atoms with Crippen molar-refractivity contribution in [2.45, 2.75) is 56.0 Å². The number of piperidine rings is 2. The maximum Gasteiger partial charge on any atom is 0.416 e. The number of halogens is 4. The molecule has 2 aliphatic heterocycles. The highest BCUT2D eigenvalue weighted by atomic mass is 35.5. The van der Waals surface area contributed by atoms with Crippen LogP contribution in [0.5, 0.6) is 5.75 Å². The van der Waals surface area contributed by atoms with Crippen LogP contribution in [0.4, 0.5) is 13.2 Å². The van der Waals surface area contributed by atoms with Crippen LogP contribution in [0.3, 0.4) is 0 Å². The van der Waals surface area contributed by atoms with Crippen molar-refractivity contribution >= 4 is 34.3 Å². The zero-order chi connectivity index (χ0) is 32.3. The molecule has 3 N–H and O–H groups in total. The number of likely N-dealkylation sites (tertiary alicyclic amines) is 1. The predicted octanol–water partition coefficient (Wildman–Crippen LogP) is 7.08. The van der Waals surface area contributed by atoms with E-state index < -0.39 is 11.7 Å². The molecule has 0 amide bonds. The summed E-state index contributed by atoms with van der Waals surface area (Å²) in [5.74, 6) is 2.07. The Kier molecular flexibility index (Phi) is 13.7. The summed E-state index contributed by atoms with van der Waals surface area (Å²) in [7, 11) is 1.64. The number of ether oxygens (including phenoxy) is 1. The van der Waals surface area contributed by atoms with Crippen molar-refractivity contribution in [2.24, 2.45) is 11.3 Å². The maximum atomic E-state index is 12.9. The Bertz CT molecular complexity index is 1350. The number of fused-ring (bicyclic) bond motifs is 1. The third kappa shape index (κ3) is 10.5. The van der Waals surface area contributed by atoms with Crippen molar-refractivity contribution in [1.82, 2.24) is 15.2 Å². The van der Waals surface area contributed by atoms with E-state index in [4.69, 9.17) is 21.4 Å². The third-order valence-corrected chi connectivity index (χ3v) is 10.4. The molecular weight excluding hydrogens is 623 g/mol. The van der Waals surface area contributed by atoms with Gasteiger partial charge in [0, 0.05) is 42.0 Å². The highest BCUT2D eigenvalue weighted by molar-refractivity contribution is 7.99. The van der Waals surface area contributed by atoms with E-state index in [9.17, 15) is 18.3 Å². The number of nitrogens with zero attached hydrogens (tertiary/aromatic N) is 2. The Balaban J connectivity index is 0.000000501. The van der Waals surface area contributed by atoms with Gasteiger partial charge in [-0.3, -0.25) is 4.98 Å². The van der Waals surface area contributed by atoms with Crippen LogP contribution < -0.4 is 10.1 Å². The maximum absolute atomic E-state index is 12.9. The molecule has 0 bridgehead atoms. The van der Waals surface area contributed by atoms with E-state index in [-0.39, 0.29) is 12.0 Å². The number of rotatable bonds is 11. The van der Waals surface area contributed by atoms with Crippen LogP contribution >= 0.6 is 23.4 Å². The lowest BCUT2D eigenvalue weighted by atomic mass is 9.75. The zero-order valence-corrected chi connectivity index (χ0v) is 27.5. The smallest absolute Gasteiger partial charge is 0.416 e. The lowest BCUT2D eigenvalue weighted by molar-refractivity contribution is -0.137. The number of methoxy groups -OCH3 is 1. The van der Waals surface area contributed by atoms with Gasteiger partial charge in [0.25, 0.3) is 0 Å². The Labute approximate surface area is 273 Å². The van der Waals surface area contributed by atoms with Crippen molar-refractivity contribution in [3.05, 3.63) is 64.8 Å². The van der Waals surface area contributed by atoms with Crippen LogP contribution in [0.25, 0.3) is 10.9 Å². The number of aryl methyl sites for hydroxylation is 1. The molecule has 248 valence electrons. The predicted molar refractivity (Wildman–Crippen MR) is 176 cm³/mol. The SMILES string of the molecule is COc1ccc2ncc(Cl)c(CCCC3(CO)CCN(CCSc4cccc(C(F)(F)F)c4)CC3)c2c1.OCC1CCNCC1. The standard InChI is InChI=1S/C28H32ClF3N2O2S.C6H13NO/c1-36-21-7-8-26-24(17-21)23(25(29)18-33-26)6-3-9-27(19-35)10-12-34(13-11-27)14-15-37-22-5-2-4-20(16-22)28(30,31)32;8-5-6-1-3-7-4-2-6/h2,4-5,7-8,16-18,35H,3,6,9-15,19H2,1H3;6-8H,1-5H2. The summed E-state index contributed by atoms with van der Waals surface area (Å²) in [5, 5.41) is 23.8. The molecule has 3 aromatic rings. The molecule has 2 aliphatic rings. The number of pyridine rings is 1. The van der Waals surface area contributed by atoms with Crippen molar-refractivity contribution in [3.63, 3.8) is 0 Å². The molecule has 5 rings (SSSR count). The topological polar surface area (TPSA) is 77.9 Å². The van der Waals surface area contributed by atoms with Crippen molar-refractivity contribution in [1.29, 1.82) is 0 Å². The summed E-state index contributed by atoms with van der Waals surface area (Å²) in [4.78, 5) is 7.40. The molecule has 2 saturated heterocycles. The normalized spacial score (nSPS) is 17.6. The quantitative estimate of drug-likeness (QED) is 0.189. The lowest BCUT2D eigenvalue weighted by Gasteiger charge is -2.41. The minimum atomic E-state index is -4.32. The van der Waals surface area contributed by atoms with Gasteiger partial charge < -0.3 is 25.2 Å². The Morgan fingerprint density at radius 2 is 1.87 bits per heavy atom. The molecule has 2 fully saturated rings. The molecule has 2 aromatic carbocycles. The monoisotopic (exact) mass is 667 g/mol. The fourth-order valence-corrected chi connectivity index (χ4v) is 7.30. The lowest BCUT2D eigenvalue weighted by Crippen LogP contribution is -2.42. The second kappa shape index (κ2) is 17.2. The molecule has 0 aliphatic carbocycles. The minimum absolute atomic E-state index is 0.113. The number of benzene rings is 2. The largest absolute Gasteiger partial charge is 0.497 e. The number of hydrogen-bond acceptors (Lipinski definition) is 7. The Morgan fingerprint density at radius 1 is 1.11 bits per heavy atom. The number of nitrogens with one attached hydrogen (secondary N) is 1. The summed E-state index contributed by atoms with van der Waals surface area (Å²) >= 11 is 7.96. The summed E-state index contributed by atoms with van der Waals surface area (Å²) < 4.78 is 44.2. The van der Waals surface area contributed by atoms with E-state index in [1.165, 1.54) is 23.9 Å². The molecule has 6 nitrogen and oxygen atoms in total. The number of aromatic nitrogens is 1. The first-order valence-corrected chi connectivity index (χ1v) is 17.1. The zero-order valence-electron chi connectivity index (χ0n) is 25.9. The van der Waals surface area contributed by atoms with Crippen LogP contribution in [0.1, 0.15) is 49.7 Å². The highest BCUT2D eigenvalue weighted by Crippen LogP contribution is 2.38. The van der Waals surface area contributed by atoms with E-state index in [0.29, 0.717) is 22.4 Å². The van der Waals surface area contributed by atoms with Crippen molar-refractivity contribution in [2.75, 3.05) is 58.8 Å². The fraction of sp³-hybridized carbons (Fsp3) is 0.559. The number of aliphatic hydroxyl groups is 2. The summed E-state index contributed by atoms with van der Waals surface area (Å²) in [6, 6.07) is 11.3. The van der Waals surface area contributed by atoms with Gasteiger partial charge in [0.1, 0.15) is 5.75 Å². The van der Waals surface area contributed by atoms with Crippen LogP contribution in [-0.2, 0) is 12.6 Å². The van der Waals surface area contributed by atoms with Gasteiger partial charge >= 0.3 is 6.18 Å². The second-order valence-electron chi connectivity index (χ2n) is 12.1. The first-order chi connectivity index (χ1) is 21.7. The average molecular weight is 668 g/mol. The minimum Gasteiger partial charge on any atom is -0.497 e. The van der Waals surface area contributed by atoms with Gasteiger partial charge in [-0.15, -0.1) is 11.8 Å². The summed E-state index contributed by atoms with van der Waals surface area (Å²) in [6.07, 6.45) is 4.08. The molecule has 0 atom stereocenters. The van der Waals surface area contributed by atoms with E-state index in [0.717, 1.165) is 112 Å². The van der Waals surface area contributed by atoms with Crippen LogP contribution in [-0.4, -0.2) is 78.9 Å². The van der Waals surface area contributed by atoms with Crippen molar-refractivity contribution in [3.8, 4) is 5.75 Å². The molecule has 0 radical (unpaired) electrons. The van der Waals surface area contributed by atoms with Gasteiger partial charge in [-0.25, -0.2) is 0 Å². The fourth-order valence-electron chi connectivity index (χ4n) is 6.08. The van der Waals surface area contributed by atoms with E-state index in [1.807, 2.05) is 18.2 Å². The van der Waals surface area contributed by atoms with Gasteiger partial charge in [0.2, 0.25) is 0 Å². The molecule has 0 unspecified atom stereocenters. The Hall–Kier alpha value is -2.08. The first-order valence-electron chi connectivity index (χ1n) is 15.7. The number of alkyl halides is 3. The molecule has 45 heavy (non-hydrogen) atoms. The number of thioether (sulfide) groups is 1. The van der Waals surface area contributed by atoms with Crippen LogP contribution in [0.2, 0.25) is 5.02 Å². The van der Waals surface area contributed by atoms with E-state index in [2.05, 4.69) is 15.2 Å². The molecular formula is C34H45ClF3N3O3S. The summed E-state index contributed by atoms with van der Waals surface area (Å²) in [5.41, 5.74) is 1.22. The van der Waals surface area contributed by atoms with Gasteiger partial charge in [0.15, 0.2) is 0 Å². The molecule has 3 heterocycles. The van der Waals surface area contributed by atoms with Gasteiger partial charge in [-0.05, 0) is 124 Å². The third-order valence-electron chi connectivity index (χ3n) is 9.07. The van der Waals surface area contributed by atoms with Crippen LogP contribution in [0, 0.1) is 11.3 Å². The molecule has 0 saturated carbocycles. The average Bonchev–Trinajstić information content (AvgIpc) is 3.06. The van der Waals surface area contributed by atoms with E-state index in [1.54, 1.807) is 19.4 Å². The van der Waals surface area contributed by atoms with Gasteiger partial charge in [-0.2, -0.15) is 13.2 Å². The first kappa shape index (κ1) is 35.8. The summed E-state index contributed by atoms with van der Waals surface area (Å²) in [6.45, 7) is 5.26. The number of hydrogen-bond donors (Lipinski definition) is 3. The molecule has 11 heteroatoms. The Morgan fingerprint density at radius 3 is 2.51 bits per heavy atom. The van der Waals surface area contributed by atoms with Gasteiger partial charge in [-0.1, -0.05) is 17.7 Å².